The van der Waals surface area contributed by atoms with Crippen molar-refractivity contribution in [3.05, 3.63) is 62.6 Å². The van der Waals surface area contributed by atoms with Crippen LogP contribution in [-0.2, 0) is 24.2 Å². The lowest BCUT2D eigenvalue weighted by Gasteiger charge is -2.14. The van der Waals surface area contributed by atoms with Crippen LogP contribution in [0.2, 0.25) is 0 Å². The van der Waals surface area contributed by atoms with Gasteiger partial charge in [0.25, 0.3) is 5.56 Å². The molecule has 0 amide bonds. The highest BCUT2D eigenvalue weighted by atomic mass is 16.5. The molecule has 27 heavy (non-hydrogen) atoms. The van der Waals surface area contributed by atoms with Crippen molar-refractivity contribution >= 4 is 11.2 Å². The number of fused-ring (bicyclic) bond motifs is 1. The van der Waals surface area contributed by atoms with Gasteiger partial charge in [0, 0.05) is 19.6 Å². The van der Waals surface area contributed by atoms with Crippen LogP contribution in [0.15, 0.2) is 39.9 Å². The van der Waals surface area contributed by atoms with Crippen LogP contribution in [0.3, 0.4) is 0 Å². The molecule has 7 heteroatoms. The minimum absolute atomic E-state index is 0.00671. The highest BCUT2D eigenvalue weighted by Crippen LogP contribution is 2.16. The Kier molecular flexibility index (Phi) is 4.94. The molecule has 1 N–H and O–H groups in total. The quantitative estimate of drug-likeness (QED) is 0.722. The maximum Gasteiger partial charge on any atom is 0.332 e. The number of imidazole rings is 1. The van der Waals surface area contributed by atoms with Crippen LogP contribution >= 0.6 is 0 Å². The number of hydrogen-bond donors (Lipinski definition) is 1. The van der Waals surface area contributed by atoms with Crippen molar-refractivity contribution in [1.82, 2.24) is 19.1 Å². The molecule has 3 aromatic rings. The molecular weight excluding hydrogens is 344 g/mol. The second kappa shape index (κ2) is 7.52. The molecule has 0 bridgehead atoms. The van der Waals surface area contributed by atoms with Crippen molar-refractivity contribution < 1.29 is 4.74 Å². The maximum atomic E-state index is 13.0. The molecule has 1 aliphatic rings. The van der Waals surface area contributed by atoms with Gasteiger partial charge < -0.3 is 9.72 Å². The van der Waals surface area contributed by atoms with Gasteiger partial charge in [-0.2, -0.15) is 0 Å². The van der Waals surface area contributed by atoms with E-state index < -0.39 is 0 Å². The normalized spacial score (nSPS) is 17.0. The molecule has 142 valence electrons. The average molecular weight is 368 g/mol. The van der Waals surface area contributed by atoms with Gasteiger partial charge in [-0.1, -0.05) is 37.3 Å². The number of rotatable bonds is 6. The van der Waals surface area contributed by atoms with Gasteiger partial charge in [0.15, 0.2) is 5.65 Å². The Hall–Kier alpha value is -2.67. The summed E-state index contributed by atoms with van der Waals surface area (Å²) in [4.78, 5) is 33.6. The second-order valence-electron chi connectivity index (χ2n) is 7.03. The zero-order valence-electron chi connectivity index (χ0n) is 15.5. The van der Waals surface area contributed by atoms with E-state index in [0.29, 0.717) is 42.9 Å². The molecule has 0 radical (unpaired) electrons. The van der Waals surface area contributed by atoms with E-state index in [1.54, 1.807) is 4.57 Å². The van der Waals surface area contributed by atoms with Crippen LogP contribution < -0.4 is 11.2 Å². The van der Waals surface area contributed by atoms with Crippen LogP contribution in [0, 0.1) is 0 Å². The van der Waals surface area contributed by atoms with Crippen molar-refractivity contribution in [3.63, 3.8) is 0 Å². The van der Waals surface area contributed by atoms with Gasteiger partial charge in [0.05, 0.1) is 12.6 Å². The minimum Gasteiger partial charge on any atom is -0.376 e. The second-order valence-corrected chi connectivity index (χ2v) is 7.03. The molecule has 7 nitrogen and oxygen atoms in total. The molecule has 1 aliphatic heterocycles. The fourth-order valence-electron chi connectivity index (χ4n) is 3.66. The van der Waals surface area contributed by atoms with Gasteiger partial charge in [-0.05, 0) is 24.8 Å². The van der Waals surface area contributed by atoms with Crippen molar-refractivity contribution in [3.8, 4) is 0 Å². The molecule has 1 atom stereocenters. The number of aromatic nitrogens is 4. The monoisotopic (exact) mass is 368 g/mol. The molecule has 0 saturated carbocycles. The Morgan fingerprint density at radius 3 is 2.74 bits per heavy atom. The molecule has 0 spiro atoms. The molecule has 0 aliphatic carbocycles. The number of ether oxygens (including phenoxy) is 1. The Balaban J connectivity index is 1.82. The number of H-pyrrole nitrogens is 1. The smallest absolute Gasteiger partial charge is 0.332 e. The molecule has 1 fully saturated rings. The number of benzene rings is 1. The van der Waals surface area contributed by atoms with E-state index in [0.717, 1.165) is 25.0 Å². The summed E-state index contributed by atoms with van der Waals surface area (Å²) in [7, 11) is 0. The number of nitrogens with one attached hydrogen (secondary N) is 1. The lowest BCUT2D eigenvalue weighted by atomic mass is 10.1. The zero-order valence-corrected chi connectivity index (χ0v) is 15.5. The lowest BCUT2D eigenvalue weighted by molar-refractivity contribution is 0.0963. The first-order valence-corrected chi connectivity index (χ1v) is 9.55. The summed E-state index contributed by atoms with van der Waals surface area (Å²) in [5.41, 5.74) is 1.32. The highest BCUT2D eigenvalue weighted by molar-refractivity contribution is 5.70. The van der Waals surface area contributed by atoms with Crippen LogP contribution in [0.5, 0.6) is 0 Å². The highest BCUT2D eigenvalue weighted by Gasteiger charge is 2.22. The van der Waals surface area contributed by atoms with Gasteiger partial charge in [-0.15, -0.1) is 0 Å². The van der Waals surface area contributed by atoms with Crippen LogP contribution in [0.4, 0.5) is 0 Å². The van der Waals surface area contributed by atoms with E-state index in [2.05, 4.69) is 9.97 Å². The first kappa shape index (κ1) is 17.7. The van der Waals surface area contributed by atoms with Gasteiger partial charge in [0.1, 0.15) is 11.3 Å². The Bertz CT molecular complexity index is 1040. The van der Waals surface area contributed by atoms with Gasteiger partial charge >= 0.3 is 5.69 Å². The summed E-state index contributed by atoms with van der Waals surface area (Å²) in [5.74, 6) is 0.683. The number of aromatic amines is 1. The zero-order chi connectivity index (χ0) is 18.8. The molecular formula is C20H24N4O3. The third-order valence-electron chi connectivity index (χ3n) is 4.98. The average Bonchev–Trinajstić information content (AvgIpc) is 3.33. The van der Waals surface area contributed by atoms with Crippen molar-refractivity contribution in [2.45, 2.75) is 51.8 Å². The van der Waals surface area contributed by atoms with Crippen LogP contribution in [0.1, 0.15) is 37.6 Å². The van der Waals surface area contributed by atoms with Crippen molar-refractivity contribution in [2.75, 3.05) is 6.61 Å². The third kappa shape index (κ3) is 3.47. The standard InChI is InChI=1S/C20H24N4O3/c1-2-10-23-19(25)17-18(24(20(23)26)13-15-9-6-11-27-15)22-16(21-17)12-14-7-4-3-5-8-14/h3-5,7-8,15H,2,6,9-13H2,1H3,(H,21,22). The van der Waals surface area contributed by atoms with Gasteiger partial charge in [0.2, 0.25) is 0 Å². The van der Waals surface area contributed by atoms with Gasteiger partial charge in [-0.3, -0.25) is 13.9 Å². The van der Waals surface area contributed by atoms with Crippen molar-refractivity contribution in [2.24, 2.45) is 0 Å². The Morgan fingerprint density at radius 2 is 2.04 bits per heavy atom. The molecule has 1 saturated heterocycles. The molecule has 4 rings (SSSR count). The molecule has 1 unspecified atom stereocenters. The van der Waals surface area contributed by atoms with Gasteiger partial charge in [-0.25, -0.2) is 9.78 Å². The molecule has 1 aromatic carbocycles. The first-order chi connectivity index (χ1) is 13.2. The van der Waals surface area contributed by atoms with Crippen LogP contribution in [-0.4, -0.2) is 31.8 Å². The largest absolute Gasteiger partial charge is 0.376 e. The fraction of sp³-hybridized carbons (Fsp3) is 0.450. The lowest BCUT2D eigenvalue weighted by Crippen LogP contribution is -2.41. The fourth-order valence-corrected chi connectivity index (χ4v) is 3.66. The summed E-state index contributed by atoms with van der Waals surface area (Å²) in [6.45, 7) is 3.49. The van der Waals surface area contributed by atoms with E-state index >= 15 is 0 Å². The molecule has 3 heterocycles. The predicted molar refractivity (Wildman–Crippen MR) is 103 cm³/mol. The first-order valence-electron chi connectivity index (χ1n) is 9.55. The Morgan fingerprint density at radius 1 is 1.22 bits per heavy atom. The molecule has 2 aromatic heterocycles. The third-order valence-corrected chi connectivity index (χ3v) is 4.98. The SMILES string of the molecule is CCCn1c(=O)c2[nH]c(Cc3ccccc3)nc2n(CC2CCCO2)c1=O. The summed E-state index contributed by atoms with van der Waals surface area (Å²) < 4.78 is 8.62. The summed E-state index contributed by atoms with van der Waals surface area (Å²) >= 11 is 0. The van der Waals surface area contributed by atoms with Crippen molar-refractivity contribution in [1.29, 1.82) is 0 Å². The summed E-state index contributed by atoms with van der Waals surface area (Å²) in [6, 6.07) is 9.94. The predicted octanol–water partition coefficient (Wildman–Crippen LogP) is 2.07. The van der Waals surface area contributed by atoms with Crippen LogP contribution in [0.25, 0.3) is 11.2 Å². The topological polar surface area (TPSA) is 81.9 Å². The van der Waals surface area contributed by atoms with E-state index in [9.17, 15) is 9.59 Å². The minimum atomic E-state index is -0.303. The van der Waals surface area contributed by atoms with E-state index in [4.69, 9.17) is 4.74 Å². The Labute approximate surface area is 156 Å². The van der Waals surface area contributed by atoms with E-state index in [1.807, 2.05) is 37.3 Å². The van der Waals surface area contributed by atoms with E-state index in [-0.39, 0.29) is 17.4 Å². The maximum absolute atomic E-state index is 13.0. The summed E-state index contributed by atoms with van der Waals surface area (Å²) in [6.07, 6.45) is 3.20. The number of hydrogen-bond acceptors (Lipinski definition) is 4. The number of nitrogens with zero attached hydrogens (tertiary/aromatic N) is 3. The van der Waals surface area contributed by atoms with E-state index in [1.165, 1.54) is 4.57 Å². The summed E-state index contributed by atoms with van der Waals surface area (Å²) in [5, 5.41) is 0.